The molecule has 1 aliphatic heterocycles. The molecule has 0 aromatic carbocycles. The van der Waals surface area contributed by atoms with Crippen LogP contribution in [0.15, 0.2) is 12.2 Å². The summed E-state index contributed by atoms with van der Waals surface area (Å²) in [5.74, 6) is -2.44. The molecule has 1 saturated heterocycles. The highest BCUT2D eigenvalue weighted by Crippen LogP contribution is 2.23. The molecule has 6 atom stereocenters. The highest BCUT2D eigenvalue weighted by atomic mass is 16.7. The van der Waals surface area contributed by atoms with Crippen LogP contribution in [0.4, 0.5) is 0 Å². The van der Waals surface area contributed by atoms with Crippen molar-refractivity contribution in [3.63, 3.8) is 0 Å². The van der Waals surface area contributed by atoms with Gasteiger partial charge in [0, 0.05) is 12.8 Å². The lowest BCUT2D eigenvalue weighted by atomic mass is 9.99. The number of ether oxygens (including phenoxy) is 4. The number of rotatable bonds is 38. The van der Waals surface area contributed by atoms with Crippen molar-refractivity contribution in [2.24, 2.45) is 0 Å². The van der Waals surface area contributed by atoms with E-state index in [1.807, 2.05) is 0 Å². The van der Waals surface area contributed by atoms with Crippen LogP contribution in [0.1, 0.15) is 206 Å². The van der Waals surface area contributed by atoms with E-state index in [0.717, 1.165) is 44.9 Å². The maximum absolute atomic E-state index is 12.7. The van der Waals surface area contributed by atoms with Crippen LogP contribution in [0.3, 0.4) is 0 Å². The highest BCUT2D eigenvalue weighted by molar-refractivity contribution is 5.73. The molecule has 11 nitrogen and oxygen atoms in total. The second kappa shape index (κ2) is 36.1. The smallest absolute Gasteiger partial charge is 0.335 e. The number of allylic oxidation sites excluding steroid dienone is 2. The molecule has 6 unspecified atom stereocenters. The number of carbonyl (C=O) groups is 3. The number of aliphatic hydroxyl groups is 3. The summed E-state index contributed by atoms with van der Waals surface area (Å²) in [6.07, 6.45) is 28.4. The number of aliphatic hydroxyl groups excluding tert-OH is 3. The highest BCUT2D eigenvalue weighted by Gasteiger charge is 2.47. The van der Waals surface area contributed by atoms with Gasteiger partial charge in [0.1, 0.15) is 24.9 Å². The van der Waals surface area contributed by atoms with E-state index in [4.69, 9.17) is 18.9 Å². The fraction of sp³-hybridized carbons (Fsp3) is 0.889. The maximum atomic E-state index is 12.7. The molecular weight excluding hydrogens is 716 g/mol. The number of carboxylic acids is 1. The summed E-state index contributed by atoms with van der Waals surface area (Å²) in [6.45, 7) is 3.81. The zero-order valence-electron chi connectivity index (χ0n) is 35.4. The zero-order chi connectivity index (χ0) is 41.1. The minimum atomic E-state index is -1.86. The number of esters is 2. The van der Waals surface area contributed by atoms with E-state index in [9.17, 15) is 34.8 Å². The Kier molecular flexibility index (Phi) is 33.5. The normalized spacial score (nSPS) is 20.3. The van der Waals surface area contributed by atoms with Gasteiger partial charge < -0.3 is 39.4 Å². The molecule has 0 aromatic heterocycles. The zero-order valence-corrected chi connectivity index (χ0v) is 35.4. The Morgan fingerprint density at radius 3 is 1.39 bits per heavy atom. The standard InChI is InChI=1S/C45H82O11/c1-3-5-7-9-11-13-15-17-18-19-20-21-22-24-25-27-29-31-33-38(46)53-35-37(36-54-45-42(50)40(48)41(49)43(56-45)44(51)52)55-39(47)34-32-30-28-26-23-16-14-12-10-8-6-4-2/h18-19,37,40-43,45,48-50H,3-17,20-36H2,1-2H3,(H,51,52)/b19-18-. The van der Waals surface area contributed by atoms with E-state index in [1.54, 1.807) is 0 Å². The van der Waals surface area contributed by atoms with Crippen LogP contribution in [0.25, 0.3) is 0 Å². The van der Waals surface area contributed by atoms with Crippen molar-refractivity contribution in [3.05, 3.63) is 12.2 Å². The minimum absolute atomic E-state index is 0.187. The summed E-state index contributed by atoms with van der Waals surface area (Å²) in [7, 11) is 0. The molecule has 0 aliphatic carbocycles. The first kappa shape index (κ1) is 52.0. The van der Waals surface area contributed by atoms with E-state index < -0.39 is 54.7 Å². The van der Waals surface area contributed by atoms with Gasteiger partial charge in [0.2, 0.25) is 0 Å². The summed E-state index contributed by atoms with van der Waals surface area (Å²) in [4.78, 5) is 36.8. The second-order valence-electron chi connectivity index (χ2n) is 15.9. The van der Waals surface area contributed by atoms with Crippen LogP contribution in [-0.4, -0.2) is 88.4 Å². The van der Waals surface area contributed by atoms with Gasteiger partial charge in [-0.05, 0) is 38.5 Å². The largest absolute Gasteiger partial charge is 0.479 e. The Bertz CT molecular complexity index is 989. The Balaban J connectivity index is 2.34. The third kappa shape index (κ3) is 27.6. The van der Waals surface area contributed by atoms with Crippen molar-refractivity contribution in [1.82, 2.24) is 0 Å². The van der Waals surface area contributed by atoms with Crippen LogP contribution < -0.4 is 0 Å². The van der Waals surface area contributed by atoms with Crippen molar-refractivity contribution in [2.45, 2.75) is 243 Å². The van der Waals surface area contributed by atoms with Gasteiger partial charge in [-0.15, -0.1) is 0 Å². The minimum Gasteiger partial charge on any atom is -0.479 e. The average molecular weight is 799 g/mol. The molecule has 0 bridgehead atoms. The fourth-order valence-electron chi connectivity index (χ4n) is 6.99. The Morgan fingerprint density at radius 1 is 0.536 bits per heavy atom. The molecule has 4 N–H and O–H groups in total. The molecule has 0 saturated carbocycles. The lowest BCUT2D eigenvalue weighted by molar-refractivity contribution is -0.298. The van der Waals surface area contributed by atoms with E-state index in [1.165, 1.54) is 122 Å². The first-order valence-electron chi connectivity index (χ1n) is 22.7. The van der Waals surface area contributed by atoms with E-state index in [0.29, 0.717) is 12.8 Å². The van der Waals surface area contributed by atoms with E-state index in [-0.39, 0.29) is 26.1 Å². The van der Waals surface area contributed by atoms with Crippen molar-refractivity contribution < 1.29 is 53.8 Å². The molecule has 1 fully saturated rings. The third-order valence-corrected chi connectivity index (χ3v) is 10.6. The summed E-state index contributed by atoms with van der Waals surface area (Å²) >= 11 is 0. The summed E-state index contributed by atoms with van der Waals surface area (Å²) in [6, 6.07) is 0. The van der Waals surface area contributed by atoms with Gasteiger partial charge in [-0.1, -0.05) is 167 Å². The number of hydrogen-bond donors (Lipinski definition) is 4. The second-order valence-corrected chi connectivity index (χ2v) is 15.9. The molecule has 56 heavy (non-hydrogen) atoms. The SMILES string of the molecule is CCCCCCCCC/C=C\CCCCCCCCCC(=O)OCC(COC1OC(C(=O)O)C(O)C(O)C1O)OC(=O)CCCCCCCCCCCCCC. The van der Waals surface area contributed by atoms with Gasteiger partial charge in [0.15, 0.2) is 18.5 Å². The van der Waals surface area contributed by atoms with Crippen LogP contribution in [0, 0.1) is 0 Å². The van der Waals surface area contributed by atoms with Crippen molar-refractivity contribution in [2.75, 3.05) is 13.2 Å². The van der Waals surface area contributed by atoms with Crippen LogP contribution in [0.2, 0.25) is 0 Å². The molecule has 0 spiro atoms. The predicted octanol–water partition coefficient (Wildman–Crippen LogP) is 9.65. The van der Waals surface area contributed by atoms with Gasteiger partial charge in [-0.3, -0.25) is 9.59 Å². The lowest BCUT2D eigenvalue weighted by Gasteiger charge is -2.38. The van der Waals surface area contributed by atoms with Crippen molar-refractivity contribution in [1.29, 1.82) is 0 Å². The van der Waals surface area contributed by atoms with Crippen LogP contribution >= 0.6 is 0 Å². The average Bonchev–Trinajstić information content (AvgIpc) is 3.18. The maximum Gasteiger partial charge on any atom is 0.335 e. The molecule has 1 aliphatic rings. The number of carboxylic acid groups (broad SMARTS) is 1. The number of aliphatic carboxylic acids is 1. The molecule has 11 heteroatoms. The summed E-state index contributed by atoms with van der Waals surface area (Å²) in [5, 5.41) is 39.8. The molecule has 0 aromatic rings. The Morgan fingerprint density at radius 2 is 0.946 bits per heavy atom. The first-order valence-corrected chi connectivity index (χ1v) is 22.7. The van der Waals surface area contributed by atoms with E-state index >= 15 is 0 Å². The van der Waals surface area contributed by atoms with Gasteiger partial charge >= 0.3 is 17.9 Å². The summed E-state index contributed by atoms with van der Waals surface area (Å²) in [5.41, 5.74) is 0. The van der Waals surface area contributed by atoms with Gasteiger partial charge in [-0.25, -0.2) is 4.79 Å². The van der Waals surface area contributed by atoms with Crippen LogP contribution in [-0.2, 0) is 33.3 Å². The third-order valence-electron chi connectivity index (χ3n) is 10.6. The van der Waals surface area contributed by atoms with Crippen LogP contribution in [0.5, 0.6) is 0 Å². The monoisotopic (exact) mass is 799 g/mol. The fourth-order valence-corrected chi connectivity index (χ4v) is 6.99. The first-order chi connectivity index (χ1) is 27.2. The lowest BCUT2D eigenvalue weighted by Crippen LogP contribution is -2.60. The van der Waals surface area contributed by atoms with Crippen molar-refractivity contribution >= 4 is 17.9 Å². The molecule has 0 radical (unpaired) electrons. The number of carbonyl (C=O) groups excluding carboxylic acids is 2. The number of unbranched alkanes of at least 4 members (excludes halogenated alkanes) is 25. The molecule has 1 rings (SSSR count). The molecular formula is C45H82O11. The Labute approximate surface area is 339 Å². The van der Waals surface area contributed by atoms with Crippen molar-refractivity contribution in [3.8, 4) is 0 Å². The number of hydrogen-bond acceptors (Lipinski definition) is 10. The predicted molar refractivity (Wildman–Crippen MR) is 220 cm³/mol. The topological polar surface area (TPSA) is 169 Å². The van der Waals surface area contributed by atoms with Gasteiger partial charge in [-0.2, -0.15) is 0 Å². The summed E-state index contributed by atoms with van der Waals surface area (Å²) < 4.78 is 21.7. The molecule has 1 heterocycles. The molecule has 328 valence electrons. The Hall–Kier alpha value is -2.05. The van der Waals surface area contributed by atoms with Gasteiger partial charge in [0.25, 0.3) is 0 Å². The molecule has 0 amide bonds. The van der Waals surface area contributed by atoms with E-state index in [2.05, 4.69) is 26.0 Å². The quantitative estimate of drug-likeness (QED) is 0.0267. The van der Waals surface area contributed by atoms with Gasteiger partial charge in [0.05, 0.1) is 6.61 Å².